The normalized spacial score (nSPS) is 9.57. The van der Waals surface area contributed by atoms with Crippen LogP contribution in [0.3, 0.4) is 0 Å². The van der Waals surface area contributed by atoms with Crippen LogP contribution in [-0.4, -0.2) is 26.7 Å². The van der Waals surface area contributed by atoms with Crippen LogP contribution in [0.4, 0.5) is 5.69 Å². The Hall–Kier alpha value is -1.68. The molecular weight excluding hydrogens is 180 g/mol. The lowest BCUT2D eigenvalue weighted by Crippen LogP contribution is -2.31. The summed E-state index contributed by atoms with van der Waals surface area (Å²) in [5, 5.41) is 1.68. The van der Waals surface area contributed by atoms with Gasteiger partial charge in [0.1, 0.15) is 6.29 Å². The number of benzene rings is 1. The van der Waals surface area contributed by atoms with Crippen LogP contribution in [0.1, 0.15) is 20.7 Å². The van der Waals surface area contributed by atoms with Gasteiger partial charge in [-0.1, -0.05) is 6.07 Å². The number of carbonyl (C=O) groups is 2. The molecule has 4 heteroatoms. The Morgan fingerprint density at radius 1 is 1.29 bits per heavy atom. The zero-order chi connectivity index (χ0) is 10.6. The van der Waals surface area contributed by atoms with Gasteiger partial charge in [-0.25, -0.2) is 5.43 Å². The smallest absolute Gasteiger partial charge is 0.152 e. The summed E-state index contributed by atoms with van der Waals surface area (Å²) < 4.78 is 0. The minimum atomic E-state index is 0.549. The molecule has 0 saturated carbocycles. The van der Waals surface area contributed by atoms with Crippen molar-refractivity contribution in [3.63, 3.8) is 0 Å². The average molecular weight is 192 g/mol. The highest BCUT2D eigenvalue weighted by molar-refractivity contribution is 5.88. The molecule has 0 spiro atoms. The predicted octanol–water partition coefficient (Wildman–Crippen LogP) is 0.882. The largest absolute Gasteiger partial charge is 0.311 e. The Kier molecular flexibility index (Phi) is 3.36. The van der Waals surface area contributed by atoms with Gasteiger partial charge in [0.15, 0.2) is 6.29 Å². The van der Waals surface area contributed by atoms with E-state index in [0.717, 1.165) is 12.6 Å². The molecule has 0 aliphatic heterocycles. The van der Waals surface area contributed by atoms with Gasteiger partial charge in [0.25, 0.3) is 0 Å². The fourth-order valence-corrected chi connectivity index (χ4v) is 1.14. The fourth-order valence-electron chi connectivity index (χ4n) is 1.14. The lowest BCUT2D eigenvalue weighted by atomic mass is 10.1. The van der Waals surface area contributed by atoms with Gasteiger partial charge in [0, 0.05) is 25.2 Å². The van der Waals surface area contributed by atoms with E-state index in [0.29, 0.717) is 16.8 Å². The SMILES string of the molecule is CNN(C)c1cc(C=O)ccc1C=O. The zero-order valence-electron chi connectivity index (χ0n) is 8.15. The molecule has 0 unspecified atom stereocenters. The number of nitrogens with zero attached hydrogens (tertiary/aromatic N) is 1. The van der Waals surface area contributed by atoms with Gasteiger partial charge in [-0.05, 0) is 12.1 Å². The molecule has 1 rings (SSSR count). The lowest BCUT2D eigenvalue weighted by molar-refractivity contribution is 0.111. The topological polar surface area (TPSA) is 49.4 Å². The van der Waals surface area contributed by atoms with Crippen molar-refractivity contribution in [2.24, 2.45) is 0 Å². The molecule has 0 heterocycles. The molecule has 0 amide bonds. The first-order valence-electron chi connectivity index (χ1n) is 4.18. The minimum Gasteiger partial charge on any atom is -0.311 e. The van der Waals surface area contributed by atoms with Crippen LogP contribution in [0.5, 0.6) is 0 Å². The Bertz CT molecular complexity index is 350. The summed E-state index contributed by atoms with van der Waals surface area (Å²) in [6, 6.07) is 4.90. The molecule has 1 N–H and O–H groups in total. The van der Waals surface area contributed by atoms with E-state index in [1.165, 1.54) is 0 Å². The summed E-state index contributed by atoms with van der Waals surface area (Å²) >= 11 is 0. The molecule has 0 saturated heterocycles. The van der Waals surface area contributed by atoms with Crippen LogP contribution in [0.15, 0.2) is 18.2 Å². The van der Waals surface area contributed by atoms with Gasteiger partial charge < -0.3 is 5.01 Å². The van der Waals surface area contributed by atoms with E-state index in [-0.39, 0.29) is 0 Å². The number of carbonyl (C=O) groups excluding carboxylic acids is 2. The van der Waals surface area contributed by atoms with Crippen molar-refractivity contribution in [3.05, 3.63) is 29.3 Å². The number of hydrogen-bond donors (Lipinski definition) is 1. The fraction of sp³-hybridized carbons (Fsp3) is 0.200. The highest BCUT2D eigenvalue weighted by Gasteiger charge is 2.06. The summed E-state index contributed by atoms with van der Waals surface area (Å²) in [6.07, 6.45) is 1.51. The van der Waals surface area contributed by atoms with E-state index in [4.69, 9.17) is 0 Å². The molecule has 1 aromatic rings. The molecule has 1 aromatic carbocycles. The molecule has 14 heavy (non-hydrogen) atoms. The van der Waals surface area contributed by atoms with E-state index in [2.05, 4.69) is 5.43 Å². The molecular formula is C10H12N2O2. The second-order valence-electron chi connectivity index (χ2n) is 2.84. The van der Waals surface area contributed by atoms with Crippen molar-refractivity contribution in [1.82, 2.24) is 5.43 Å². The Morgan fingerprint density at radius 3 is 2.50 bits per heavy atom. The third-order valence-electron chi connectivity index (χ3n) is 2.01. The van der Waals surface area contributed by atoms with Crippen molar-refractivity contribution < 1.29 is 9.59 Å². The van der Waals surface area contributed by atoms with Crippen LogP contribution in [0.25, 0.3) is 0 Å². The average Bonchev–Trinajstić information content (AvgIpc) is 2.27. The van der Waals surface area contributed by atoms with Crippen molar-refractivity contribution in [3.8, 4) is 0 Å². The molecule has 0 aromatic heterocycles. The minimum absolute atomic E-state index is 0.549. The lowest BCUT2D eigenvalue weighted by Gasteiger charge is -2.19. The first-order chi connectivity index (χ1) is 6.72. The van der Waals surface area contributed by atoms with Crippen LogP contribution >= 0.6 is 0 Å². The maximum atomic E-state index is 10.7. The van der Waals surface area contributed by atoms with Crippen molar-refractivity contribution in [2.75, 3.05) is 19.1 Å². The van der Waals surface area contributed by atoms with Gasteiger partial charge >= 0.3 is 0 Å². The second-order valence-corrected chi connectivity index (χ2v) is 2.84. The Balaban J connectivity index is 3.20. The molecule has 0 bridgehead atoms. The van der Waals surface area contributed by atoms with Crippen LogP contribution in [0, 0.1) is 0 Å². The molecule has 0 aliphatic carbocycles. The van der Waals surface area contributed by atoms with E-state index in [9.17, 15) is 9.59 Å². The molecule has 0 atom stereocenters. The summed E-state index contributed by atoms with van der Waals surface area (Å²) in [6.45, 7) is 0. The van der Waals surface area contributed by atoms with E-state index in [1.54, 1.807) is 37.3 Å². The molecule has 0 aliphatic rings. The standard InChI is InChI=1S/C10H12N2O2/c1-11-12(2)10-5-8(6-13)3-4-9(10)7-14/h3-7,11H,1-2H3. The van der Waals surface area contributed by atoms with Gasteiger partial charge in [-0.15, -0.1) is 0 Å². The van der Waals surface area contributed by atoms with Crippen LogP contribution in [-0.2, 0) is 0 Å². The van der Waals surface area contributed by atoms with E-state index < -0.39 is 0 Å². The van der Waals surface area contributed by atoms with Gasteiger partial charge in [0.2, 0.25) is 0 Å². The van der Waals surface area contributed by atoms with E-state index >= 15 is 0 Å². The maximum absolute atomic E-state index is 10.7. The van der Waals surface area contributed by atoms with Crippen molar-refractivity contribution in [2.45, 2.75) is 0 Å². The number of nitrogens with one attached hydrogen (secondary N) is 1. The Morgan fingerprint density at radius 2 is 2.00 bits per heavy atom. The van der Waals surface area contributed by atoms with Gasteiger partial charge in [0.05, 0.1) is 5.69 Å². The highest BCUT2D eigenvalue weighted by Crippen LogP contribution is 2.17. The third-order valence-corrected chi connectivity index (χ3v) is 2.01. The second kappa shape index (κ2) is 4.53. The number of aldehydes is 2. The van der Waals surface area contributed by atoms with Crippen LogP contribution in [0.2, 0.25) is 0 Å². The number of anilines is 1. The van der Waals surface area contributed by atoms with Gasteiger partial charge in [-0.2, -0.15) is 0 Å². The Labute approximate surface area is 82.5 Å². The highest BCUT2D eigenvalue weighted by atomic mass is 16.1. The zero-order valence-corrected chi connectivity index (χ0v) is 8.15. The number of rotatable bonds is 4. The monoisotopic (exact) mass is 192 g/mol. The first-order valence-corrected chi connectivity index (χ1v) is 4.18. The van der Waals surface area contributed by atoms with Crippen molar-refractivity contribution >= 4 is 18.3 Å². The first kappa shape index (κ1) is 10.4. The molecule has 0 fully saturated rings. The molecule has 74 valence electrons. The molecule has 0 radical (unpaired) electrons. The van der Waals surface area contributed by atoms with Crippen molar-refractivity contribution in [1.29, 1.82) is 0 Å². The summed E-state index contributed by atoms with van der Waals surface area (Å²) in [7, 11) is 3.51. The van der Waals surface area contributed by atoms with Gasteiger partial charge in [-0.3, -0.25) is 9.59 Å². The summed E-state index contributed by atoms with van der Waals surface area (Å²) in [5.41, 5.74) is 4.65. The predicted molar refractivity (Wildman–Crippen MR) is 54.7 cm³/mol. The summed E-state index contributed by atoms with van der Waals surface area (Å²) in [5.74, 6) is 0. The van der Waals surface area contributed by atoms with E-state index in [1.807, 2.05) is 0 Å². The maximum Gasteiger partial charge on any atom is 0.152 e. The number of hydrogen-bond acceptors (Lipinski definition) is 4. The molecule has 4 nitrogen and oxygen atoms in total. The summed E-state index contributed by atoms with van der Waals surface area (Å²) in [4.78, 5) is 21.2. The van der Waals surface area contributed by atoms with Crippen LogP contribution < -0.4 is 10.4 Å². The number of hydrazine groups is 1. The third kappa shape index (κ3) is 1.97. The quantitative estimate of drug-likeness (QED) is 0.568.